The zero-order valence-corrected chi connectivity index (χ0v) is 16.6. The van der Waals surface area contributed by atoms with E-state index in [-0.39, 0.29) is 37.1 Å². The first-order valence-electron chi connectivity index (χ1n) is 7.24. The fourth-order valence-electron chi connectivity index (χ4n) is 1.86. The van der Waals surface area contributed by atoms with Crippen LogP contribution in [0, 0.1) is 24.3 Å². The van der Waals surface area contributed by atoms with Crippen molar-refractivity contribution in [1.82, 2.24) is 15.0 Å². The Labute approximate surface area is 172 Å². The number of hydrogen-bond donors (Lipinski definition) is 1. The van der Waals surface area contributed by atoms with Crippen molar-refractivity contribution in [2.75, 3.05) is 7.11 Å². The number of aromatic carboxylic acids is 1. The Kier molecular flexibility index (Phi) is 8.75. The number of carboxylic acids is 1. The second-order valence-electron chi connectivity index (χ2n) is 4.76. The summed E-state index contributed by atoms with van der Waals surface area (Å²) in [6.07, 6.45) is 5.39. The van der Waals surface area contributed by atoms with Gasteiger partial charge in [0, 0.05) is 50.3 Å². The maximum absolute atomic E-state index is 13.9. The summed E-state index contributed by atoms with van der Waals surface area (Å²) >= 11 is 0. The van der Waals surface area contributed by atoms with Gasteiger partial charge in [-0.05, 0) is 17.8 Å². The van der Waals surface area contributed by atoms with Gasteiger partial charge < -0.3 is 14.8 Å². The summed E-state index contributed by atoms with van der Waals surface area (Å²) in [5, 5.41) is 8.28. The maximum Gasteiger partial charge on any atom is 0.356 e. The Morgan fingerprint density at radius 1 is 1.29 bits per heavy atom. The Bertz CT molecular complexity index is 998. The number of benzene rings is 1. The molecule has 1 radical (unpaired) electrons. The van der Waals surface area contributed by atoms with E-state index < -0.39 is 23.3 Å². The average molecular weight is 562 g/mol. The summed E-state index contributed by atoms with van der Waals surface area (Å²) in [7, 11) is 1.47. The van der Waals surface area contributed by atoms with E-state index in [4.69, 9.17) is 16.4 Å². The van der Waals surface area contributed by atoms with Crippen LogP contribution in [0.1, 0.15) is 10.5 Å². The van der Waals surface area contributed by atoms with Crippen LogP contribution in [0.3, 0.4) is 0 Å². The van der Waals surface area contributed by atoms with Crippen molar-refractivity contribution < 1.29 is 43.5 Å². The molecule has 0 fully saturated rings. The van der Waals surface area contributed by atoms with Gasteiger partial charge in [-0.1, -0.05) is 0 Å². The van der Waals surface area contributed by atoms with E-state index in [0.29, 0.717) is 5.75 Å². The number of methoxy groups -OCH3 is 1. The van der Waals surface area contributed by atoms with Crippen molar-refractivity contribution in [1.29, 1.82) is 0 Å². The standard InChI is InChI=1S/C13H7F2N2O.C5H4N2O2.Ir/c1-16-13-10(14)4-3-9(12(13)15)11-7-8(18-2)5-6-17-11;8-5(9)4-3-6-1-2-7-4;/h4-7H,2H3;1-3H,(H,8,9);/q-1;;. The van der Waals surface area contributed by atoms with Gasteiger partial charge in [-0.2, -0.15) is 0 Å². The third-order valence-electron chi connectivity index (χ3n) is 3.11. The van der Waals surface area contributed by atoms with Crippen LogP contribution in [0.4, 0.5) is 14.5 Å². The van der Waals surface area contributed by atoms with Crippen molar-refractivity contribution in [2.45, 2.75) is 0 Å². The quantitative estimate of drug-likeness (QED) is 0.492. The van der Waals surface area contributed by atoms with Crippen LogP contribution in [0.15, 0.2) is 43.0 Å². The van der Waals surface area contributed by atoms with Crippen LogP contribution in [0.2, 0.25) is 0 Å². The van der Waals surface area contributed by atoms with Gasteiger partial charge in [0.25, 0.3) is 0 Å². The van der Waals surface area contributed by atoms with E-state index >= 15 is 0 Å². The SMILES string of the molecule is O=C(O)c1cnccn1.[C-]#[N+]c1c(F)c[c-]c(-c2cc(OC)ccn2)c1F.[Ir]. The molecule has 0 spiro atoms. The first kappa shape index (κ1) is 22.8. The van der Waals surface area contributed by atoms with Crippen molar-refractivity contribution in [2.24, 2.45) is 0 Å². The van der Waals surface area contributed by atoms with Gasteiger partial charge in [-0.3, -0.25) is 18.6 Å². The van der Waals surface area contributed by atoms with Crippen LogP contribution in [0.5, 0.6) is 5.75 Å². The van der Waals surface area contributed by atoms with Crippen LogP contribution in [-0.4, -0.2) is 33.1 Å². The summed E-state index contributed by atoms with van der Waals surface area (Å²) in [6, 6.07) is 6.44. The van der Waals surface area contributed by atoms with Crippen molar-refractivity contribution in [3.8, 4) is 17.0 Å². The fourth-order valence-corrected chi connectivity index (χ4v) is 1.86. The molecule has 2 heterocycles. The molecule has 1 aromatic carbocycles. The zero-order valence-electron chi connectivity index (χ0n) is 14.2. The van der Waals surface area contributed by atoms with Crippen LogP contribution in [0.25, 0.3) is 16.1 Å². The third-order valence-corrected chi connectivity index (χ3v) is 3.11. The molecule has 7 nitrogen and oxygen atoms in total. The van der Waals surface area contributed by atoms with Gasteiger partial charge in [0.05, 0.1) is 19.9 Å². The first-order valence-corrected chi connectivity index (χ1v) is 7.24. The molecule has 1 N–H and O–H groups in total. The minimum absolute atomic E-state index is 0. The number of aromatic nitrogens is 3. The van der Waals surface area contributed by atoms with Gasteiger partial charge in [-0.15, -0.1) is 17.7 Å². The number of carboxylic acid groups (broad SMARTS) is 1. The molecule has 0 aliphatic rings. The molecular weight excluding hydrogens is 550 g/mol. The number of pyridine rings is 1. The number of rotatable bonds is 3. The second-order valence-corrected chi connectivity index (χ2v) is 4.76. The fraction of sp³-hybridized carbons (Fsp3) is 0.0556. The predicted molar refractivity (Wildman–Crippen MR) is 90.2 cm³/mol. The van der Waals surface area contributed by atoms with Gasteiger partial charge in [0.1, 0.15) is 5.75 Å². The molecule has 0 bridgehead atoms. The summed E-state index contributed by atoms with van der Waals surface area (Å²) in [4.78, 5) is 23.9. The summed E-state index contributed by atoms with van der Waals surface area (Å²) in [5.41, 5.74) is -0.510. The molecule has 2 aromatic heterocycles. The molecule has 145 valence electrons. The molecule has 3 rings (SSSR count). The topological polar surface area (TPSA) is 89.6 Å². The Balaban J connectivity index is 0.000000332. The van der Waals surface area contributed by atoms with E-state index in [1.54, 1.807) is 6.07 Å². The van der Waals surface area contributed by atoms with Gasteiger partial charge in [-0.25, -0.2) is 9.78 Å². The molecule has 0 saturated carbocycles. The molecule has 0 saturated heterocycles. The molecule has 0 aliphatic carbocycles. The summed E-state index contributed by atoms with van der Waals surface area (Å²) < 4.78 is 32.0. The summed E-state index contributed by atoms with van der Waals surface area (Å²) in [5.74, 6) is -2.47. The number of halogens is 2. The predicted octanol–water partition coefficient (Wildman–Crippen LogP) is 3.56. The van der Waals surface area contributed by atoms with E-state index in [0.717, 1.165) is 6.07 Å². The number of ether oxygens (including phenoxy) is 1. The maximum atomic E-state index is 13.9. The third kappa shape index (κ3) is 5.61. The second kappa shape index (κ2) is 10.8. The molecule has 0 amide bonds. The smallest absolute Gasteiger partial charge is 0.356 e. The minimum Gasteiger partial charge on any atom is -0.497 e. The number of carbonyl (C=O) groups is 1. The van der Waals surface area contributed by atoms with E-state index in [9.17, 15) is 13.6 Å². The number of hydrogen-bond acceptors (Lipinski definition) is 5. The van der Waals surface area contributed by atoms with Crippen molar-refractivity contribution in [3.05, 3.63) is 77.8 Å². The molecule has 0 atom stereocenters. The largest absolute Gasteiger partial charge is 0.497 e. The Morgan fingerprint density at radius 2 is 2.04 bits per heavy atom. The molecule has 28 heavy (non-hydrogen) atoms. The van der Waals surface area contributed by atoms with E-state index in [1.807, 2.05) is 0 Å². The first-order chi connectivity index (χ1) is 13.0. The molecule has 0 aliphatic heterocycles. The molecule has 0 unspecified atom stereocenters. The molecule has 10 heteroatoms. The zero-order chi connectivity index (χ0) is 19.8. The monoisotopic (exact) mass is 562 g/mol. The van der Waals surface area contributed by atoms with E-state index in [1.165, 1.54) is 38.0 Å². The van der Waals surface area contributed by atoms with E-state index in [2.05, 4.69) is 25.9 Å². The Morgan fingerprint density at radius 3 is 2.57 bits per heavy atom. The number of nitrogens with zero attached hydrogens (tertiary/aromatic N) is 4. The van der Waals surface area contributed by atoms with Crippen molar-refractivity contribution >= 4 is 11.7 Å². The van der Waals surface area contributed by atoms with Gasteiger partial charge in [0.2, 0.25) is 0 Å². The normalized spacial score (nSPS) is 9.21. The van der Waals surface area contributed by atoms with Gasteiger partial charge >= 0.3 is 5.97 Å². The molecule has 3 aromatic rings. The van der Waals surface area contributed by atoms with Crippen LogP contribution < -0.4 is 4.74 Å². The average Bonchev–Trinajstić information content (AvgIpc) is 2.69. The Hall–Kier alpha value is -3.28. The minimum atomic E-state index is -1.05. The van der Waals surface area contributed by atoms with Crippen LogP contribution >= 0.6 is 0 Å². The molecular formula is C18H11F2IrN4O3-. The van der Waals surface area contributed by atoms with Crippen LogP contribution in [-0.2, 0) is 20.1 Å². The summed E-state index contributed by atoms with van der Waals surface area (Å²) in [6.45, 7) is 6.75. The van der Waals surface area contributed by atoms with Crippen molar-refractivity contribution in [3.63, 3.8) is 0 Å². The van der Waals surface area contributed by atoms with Gasteiger partial charge in [0.15, 0.2) is 11.4 Å².